The Morgan fingerprint density at radius 2 is 2.30 bits per heavy atom. The third kappa shape index (κ3) is 2.45. The highest BCUT2D eigenvalue weighted by molar-refractivity contribution is 14.3. The van der Waals surface area contributed by atoms with Gasteiger partial charge in [0.25, 0.3) is 0 Å². The first-order chi connectivity index (χ1) is 4.70. The van der Waals surface area contributed by atoms with Gasteiger partial charge in [-0.15, -0.1) is 44.7 Å². The smallest absolute Gasteiger partial charge is 0.320 e. The van der Waals surface area contributed by atoms with Gasteiger partial charge in [-0.05, 0) is 6.20 Å². The molecule has 0 aliphatic carbocycles. The molecule has 0 atom stereocenters. The van der Waals surface area contributed by atoms with Crippen molar-refractivity contribution < 1.29 is 0 Å². The van der Waals surface area contributed by atoms with Crippen molar-refractivity contribution in [3.63, 3.8) is 0 Å². The minimum absolute atomic E-state index is 0.611. The molecule has 0 amide bonds. The fraction of sp³-hybridized carbons (Fsp3) is 0.333. The summed E-state index contributed by atoms with van der Waals surface area (Å²) >= 11 is 4.83. The Morgan fingerprint density at radius 3 is 2.70 bits per heavy atom. The van der Waals surface area contributed by atoms with E-state index in [1.165, 1.54) is 5.47 Å². The first-order valence-corrected chi connectivity index (χ1v) is 5.56. The van der Waals surface area contributed by atoms with Crippen LogP contribution in [0.3, 0.4) is 0 Å². The lowest BCUT2D eigenvalue weighted by Gasteiger charge is -2.16. The minimum Gasteiger partial charge on any atom is -0.377 e. The molecule has 0 saturated carbocycles. The predicted octanol–water partition coefficient (Wildman–Crippen LogP) is 2.27. The highest BCUT2D eigenvalue weighted by Crippen LogP contribution is 2.18. The highest BCUT2D eigenvalue weighted by Gasteiger charge is 2.10. The summed E-state index contributed by atoms with van der Waals surface area (Å²) in [6.07, 6.45) is 6.57. The minimum atomic E-state index is 0.611. The average Bonchev–Trinajstić information content (AvgIpc) is 1.88. The summed E-state index contributed by atoms with van der Waals surface area (Å²) < 4.78 is 0.611. The molecule has 1 rings (SSSR count). The molecule has 1 aliphatic rings. The molecule has 0 unspecified atom stereocenters. The number of likely N-dealkylation sites (N-methyl/N-ethyl adjacent to an activating group) is 1. The van der Waals surface area contributed by atoms with Crippen LogP contribution in [0.5, 0.6) is 0 Å². The van der Waals surface area contributed by atoms with E-state index < -0.39 is 0 Å². The molecule has 1 nitrogen and oxygen atoms in total. The standard InChI is InChI=1S/C6H8BI2N/c1-10-4-2-6(3-5-10)7(8)9/h2-4H,5H2,1H3. The van der Waals surface area contributed by atoms with Crippen molar-refractivity contribution in [3.05, 3.63) is 23.8 Å². The van der Waals surface area contributed by atoms with Gasteiger partial charge < -0.3 is 4.90 Å². The molecule has 0 spiro atoms. The monoisotopic (exact) mass is 359 g/mol. The van der Waals surface area contributed by atoms with Crippen LogP contribution in [0.1, 0.15) is 0 Å². The Bertz CT molecular complexity index is 177. The summed E-state index contributed by atoms with van der Waals surface area (Å²) in [7, 11) is 2.08. The van der Waals surface area contributed by atoms with Crippen LogP contribution in [0.25, 0.3) is 0 Å². The van der Waals surface area contributed by atoms with Gasteiger partial charge in [-0.2, -0.15) is 0 Å². The number of halogens is 2. The quantitative estimate of drug-likeness (QED) is 0.513. The van der Waals surface area contributed by atoms with Crippen LogP contribution < -0.4 is 0 Å². The Balaban J connectivity index is 2.59. The molecule has 0 aromatic carbocycles. The number of hydrogen-bond acceptors (Lipinski definition) is 1. The van der Waals surface area contributed by atoms with E-state index >= 15 is 0 Å². The van der Waals surface area contributed by atoms with Gasteiger partial charge in [-0.3, -0.25) is 0 Å². The topological polar surface area (TPSA) is 3.24 Å². The second kappa shape index (κ2) is 3.99. The summed E-state index contributed by atoms with van der Waals surface area (Å²) in [6, 6.07) is 0. The van der Waals surface area contributed by atoms with Crippen molar-refractivity contribution in [1.29, 1.82) is 0 Å². The summed E-state index contributed by atoms with van der Waals surface area (Å²) in [4.78, 5) is 2.17. The number of hydrogen-bond donors (Lipinski definition) is 0. The fourth-order valence-electron chi connectivity index (χ4n) is 0.753. The van der Waals surface area contributed by atoms with Crippen molar-refractivity contribution in [2.75, 3.05) is 13.6 Å². The Labute approximate surface area is 88.8 Å². The number of rotatable bonds is 1. The first-order valence-electron chi connectivity index (χ1n) is 3.07. The van der Waals surface area contributed by atoms with Crippen LogP contribution in [0.4, 0.5) is 0 Å². The molecule has 1 aliphatic heterocycles. The van der Waals surface area contributed by atoms with Crippen LogP contribution in [0.15, 0.2) is 23.8 Å². The Morgan fingerprint density at radius 1 is 1.60 bits per heavy atom. The van der Waals surface area contributed by atoms with Gasteiger partial charge in [0.15, 0.2) is 0 Å². The maximum atomic E-state index is 2.42. The molecule has 0 radical (unpaired) electrons. The third-order valence-electron chi connectivity index (χ3n) is 1.39. The number of allylic oxidation sites excluding steroid dienone is 2. The van der Waals surface area contributed by atoms with Gasteiger partial charge in [0, 0.05) is 13.6 Å². The van der Waals surface area contributed by atoms with E-state index in [-0.39, 0.29) is 0 Å². The molecular weight excluding hydrogens is 351 g/mol. The molecule has 4 heteroatoms. The lowest BCUT2D eigenvalue weighted by molar-refractivity contribution is 0.504. The molecule has 0 aromatic rings. The molecule has 0 saturated heterocycles. The third-order valence-corrected chi connectivity index (χ3v) is 2.83. The van der Waals surface area contributed by atoms with E-state index in [1.54, 1.807) is 0 Å². The van der Waals surface area contributed by atoms with Gasteiger partial charge in [0.1, 0.15) is 0 Å². The Kier molecular flexibility index (Phi) is 3.55. The lowest BCUT2D eigenvalue weighted by Crippen LogP contribution is -2.15. The summed E-state index contributed by atoms with van der Waals surface area (Å²) in [5.74, 6) is 0. The van der Waals surface area contributed by atoms with E-state index in [0.717, 1.165) is 6.54 Å². The van der Waals surface area contributed by atoms with Gasteiger partial charge in [0.05, 0.1) is 0 Å². The van der Waals surface area contributed by atoms with E-state index in [1.807, 2.05) is 0 Å². The van der Waals surface area contributed by atoms with Crippen LogP contribution in [0, 0.1) is 0 Å². The largest absolute Gasteiger partial charge is 0.377 e. The zero-order valence-corrected chi connectivity index (χ0v) is 10.0. The van der Waals surface area contributed by atoms with Crippen LogP contribution in [0.2, 0.25) is 0 Å². The SMILES string of the molecule is CN1C=CC(B(I)I)=CC1. The van der Waals surface area contributed by atoms with E-state index in [4.69, 9.17) is 0 Å². The zero-order valence-electron chi connectivity index (χ0n) is 5.72. The maximum absolute atomic E-state index is 2.42. The van der Waals surface area contributed by atoms with Gasteiger partial charge in [0.2, 0.25) is 0 Å². The molecule has 1 heterocycles. The first kappa shape index (κ1) is 8.90. The maximum Gasteiger partial charge on any atom is 0.320 e. The highest BCUT2D eigenvalue weighted by atomic mass is 127. The zero-order chi connectivity index (χ0) is 7.56. The molecule has 0 N–H and O–H groups in total. The summed E-state index contributed by atoms with van der Waals surface area (Å²) in [6.45, 7) is 1.05. The molecule has 0 bridgehead atoms. The molecule has 54 valence electrons. The van der Waals surface area contributed by atoms with Crippen molar-refractivity contribution in [2.24, 2.45) is 0 Å². The normalized spacial score (nSPS) is 17.1. The molecular formula is C6H8BI2N. The van der Waals surface area contributed by atoms with Crippen molar-refractivity contribution in [2.45, 2.75) is 0 Å². The van der Waals surface area contributed by atoms with E-state index in [2.05, 4.69) is 75.0 Å². The van der Waals surface area contributed by atoms with Crippen molar-refractivity contribution in [3.8, 4) is 0 Å². The summed E-state index contributed by atoms with van der Waals surface area (Å²) in [5, 5.41) is 0. The molecule has 0 fully saturated rings. The molecule has 0 aromatic heterocycles. The Hall–Kier alpha value is 0.805. The summed E-state index contributed by atoms with van der Waals surface area (Å²) in [5.41, 5.74) is 1.43. The lowest BCUT2D eigenvalue weighted by atomic mass is 9.93. The second-order valence-electron chi connectivity index (χ2n) is 2.26. The van der Waals surface area contributed by atoms with Crippen molar-refractivity contribution in [1.82, 2.24) is 4.90 Å². The van der Waals surface area contributed by atoms with Crippen LogP contribution >= 0.6 is 44.7 Å². The van der Waals surface area contributed by atoms with Gasteiger partial charge in [-0.1, -0.05) is 17.6 Å². The number of nitrogens with zero attached hydrogens (tertiary/aromatic N) is 1. The van der Waals surface area contributed by atoms with Gasteiger partial charge in [-0.25, -0.2) is 0 Å². The predicted molar refractivity (Wildman–Crippen MR) is 63.6 cm³/mol. The van der Waals surface area contributed by atoms with Crippen LogP contribution in [-0.2, 0) is 0 Å². The van der Waals surface area contributed by atoms with E-state index in [9.17, 15) is 0 Å². The molecule has 10 heavy (non-hydrogen) atoms. The van der Waals surface area contributed by atoms with Crippen molar-refractivity contribution >= 4 is 47.2 Å². The van der Waals surface area contributed by atoms with E-state index in [0.29, 0.717) is 2.43 Å². The average molecular weight is 359 g/mol. The van der Waals surface area contributed by atoms with Crippen LogP contribution in [-0.4, -0.2) is 20.9 Å². The van der Waals surface area contributed by atoms with Gasteiger partial charge >= 0.3 is 2.43 Å². The fourth-order valence-corrected chi connectivity index (χ4v) is 1.68. The second-order valence-corrected chi connectivity index (χ2v) is 7.13.